The van der Waals surface area contributed by atoms with E-state index >= 15 is 0 Å². The maximum absolute atomic E-state index is 9.75. The average Bonchev–Trinajstić information content (AvgIpc) is 2.40. The molecule has 1 aromatic heterocycles. The zero-order valence-corrected chi connectivity index (χ0v) is 11.0. The normalized spacial score (nSPS) is 24.1. The standard InChI is InChI=1S/C12H17ClN2O3/c1-18-12-4-10(9(13)5-14-12)15-3-2-11(17)8(6-15)7-16/h4-5,8,11,16-17H,2-3,6-7H2,1H3/t8-,11-/m0/s1. The van der Waals surface area contributed by atoms with Gasteiger partial charge in [-0.15, -0.1) is 0 Å². The van der Waals surface area contributed by atoms with Gasteiger partial charge in [-0.1, -0.05) is 11.6 Å². The van der Waals surface area contributed by atoms with E-state index in [2.05, 4.69) is 4.98 Å². The Kier molecular flexibility index (Phi) is 4.27. The highest BCUT2D eigenvalue weighted by Crippen LogP contribution is 2.31. The number of ether oxygens (including phenoxy) is 1. The van der Waals surface area contributed by atoms with Gasteiger partial charge in [-0.3, -0.25) is 0 Å². The van der Waals surface area contributed by atoms with Gasteiger partial charge in [-0.2, -0.15) is 0 Å². The van der Waals surface area contributed by atoms with Crippen molar-refractivity contribution < 1.29 is 14.9 Å². The summed E-state index contributed by atoms with van der Waals surface area (Å²) in [5.41, 5.74) is 0.828. The summed E-state index contributed by atoms with van der Waals surface area (Å²) in [5, 5.41) is 19.5. The number of aliphatic hydroxyl groups is 2. The van der Waals surface area contributed by atoms with Crippen LogP contribution in [0.4, 0.5) is 5.69 Å². The Morgan fingerprint density at radius 1 is 1.61 bits per heavy atom. The molecule has 2 N–H and O–H groups in total. The SMILES string of the molecule is COc1cc(N2CC[C@H](O)[C@H](CO)C2)c(Cl)cn1. The molecule has 100 valence electrons. The smallest absolute Gasteiger partial charge is 0.215 e. The predicted molar refractivity (Wildman–Crippen MR) is 69.2 cm³/mol. The second-order valence-electron chi connectivity index (χ2n) is 4.42. The topological polar surface area (TPSA) is 65.8 Å². The van der Waals surface area contributed by atoms with E-state index in [1.165, 1.54) is 0 Å². The monoisotopic (exact) mass is 272 g/mol. The van der Waals surface area contributed by atoms with E-state index in [1.54, 1.807) is 19.4 Å². The summed E-state index contributed by atoms with van der Waals surface area (Å²) in [6, 6.07) is 1.77. The third-order valence-electron chi connectivity index (χ3n) is 3.29. The van der Waals surface area contributed by atoms with Gasteiger partial charge in [-0.25, -0.2) is 4.98 Å². The van der Waals surface area contributed by atoms with Crippen LogP contribution < -0.4 is 9.64 Å². The molecule has 0 radical (unpaired) electrons. The Bertz CT molecular complexity index is 416. The summed E-state index contributed by atoms with van der Waals surface area (Å²) < 4.78 is 5.08. The summed E-state index contributed by atoms with van der Waals surface area (Å²) in [6.07, 6.45) is 1.72. The average molecular weight is 273 g/mol. The summed E-state index contributed by atoms with van der Waals surface area (Å²) in [4.78, 5) is 6.07. The maximum Gasteiger partial charge on any atom is 0.215 e. The lowest BCUT2D eigenvalue weighted by Gasteiger charge is -2.37. The van der Waals surface area contributed by atoms with Crippen LogP contribution in [0.1, 0.15) is 6.42 Å². The van der Waals surface area contributed by atoms with Crippen molar-refractivity contribution in [3.63, 3.8) is 0 Å². The van der Waals surface area contributed by atoms with E-state index in [1.807, 2.05) is 4.90 Å². The van der Waals surface area contributed by atoms with E-state index in [4.69, 9.17) is 16.3 Å². The highest BCUT2D eigenvalue weighted by Gasteiger charge is 2.28. The molecule has 5 nitrogen and oxygen atoms in total. The minimum absolute atomic E-state index is 0.0303. The van der Waals surface area contributed by atoms with Gasteiger partial charge in [-0.05, 0) is 6.42 Å². The van der Waals surface area contributed by atoms with Gasteiger partial charge in [0.25, 0.3) is 0 Å². The molecule has 1 aliphatic heterocycles. The second kappa shape index (κ2) is 5.73. The second-order valence-corrected chi connectivity index (χ2v) is 4.83. The van der Waals surface area contributed by atoms with Crippen LogP contribution >= 0.6 is 11.6 Å². The third kappa shape index (κ3) is 2.68. The third-order valence-corrected chi connectivity index (χ3v) is 3.58. The van der Waals surface area contributed by atoms with Crippen molar-refractivity contribution in [3.8, 4) is 5.88 Å². The molecular formula is C12H17ClN2O3. The molecular weight excluding hydrogens is 256 g/mol. The lowest BCUT2D eigenvalue weighted by molar-refractivity contribution is 0.0525. The van der Waals surface area contributed by atoms with Crippen LogP contribution in [0, 0.1) is 5.92 Å². The number of pyridine rings is 1. The van der Waals surface area contributed by atoms with Crippen LogP contribution in [0.2, 0.25) is 5.02 Å². The van der Waals surface area contributed by atoms with E-state index in [-0.39, 0.29) is 12.5 Å². The quantitative estimate of drug-likeness (QED) is 0.857. The van der Waals surface area contributed by atoms with Crippen LogP contribution in [-0.4, -0.2) is 48.1 Å². The largest absolute Gasteiger partial charge is 0.481 e. The van der Waals surface area contributed by atoms with Crippen molar-refractivity contribution in [2.24, 2.45) is 5.92 Å². The number of aromatic nitrogens is 1. The zero-order chi connectivity index (χ0) is 13.1. The Labute approximate surface area is 111 Å². The van der Waals surface area contributed by atoms with Gasteiger partial charge in [0, 0.05) is 25.1 Å². The van der Waals surface area contributed by atoms with Crippen LogP contribution in [-0.2, 0) is 0 Å². The number of aliphatic hydroxyl groups excluding tert-OH is 2. The summed E-state index contributed by atoms with van der Waals surface area (Å²) in [6.45, 7) is 1.24. The lowest BCUT2D eigenvalue weighted by Crippen LogP contribution is -2.44. The number of piperidine rings is 1. The Hall–Kier alpha value is -1.04. The molecule has 0 saturated carbocycles. The number of rotatable bonds is 3. The van der Waals surface area contributed by atoms with Crippen LogP contribution in [0.3, 0.4) is 0 Å². The van der Waals surface area contributed by atoms with Crippen molar-refractivity contribution in [2.45, 2.75) is 12.5 Å². The molecule has 6 heteroatoms. The molecule has 0 unspecified atom stereocenters. The molecule has 2 heterocycles. The molecule has 0 bridgehead atoms. The van der Waals surface area contributed by atoms with E-state index in [0.29, 0.717) is 30.4 Å². The number of hydrogen-bond donors (Lipinski definition) is 2. The summed E-state index contributed by atoms with van der Waals surface area (Å²) >= 11 is 6.13. The Balaban J connectivity index is 2.20. The summed E-state index contributed by atoms with van der Waals surface area (Å²) in [7, 11) is 1.55. The van der Waals surface area contributed by atoms with Gasteiger partial charge >= 0.3 is 0 Å². The van der Waals surface area contributed by atoms with Crippen molar-refractivity contribution in [2.75, 3.05) is 31.7 Å². The molecule has 1 fully saturated rings. The number of nitrogens with zero attached hydrogens (tertiary/aromatic N) is 2. The molecule has 1 aromatic rings. The minimum atomic E-state index is -0.450. The van der Waals surface area contributed by atoms with Crippen molar-refractivity contribution in [3.05, 3.63) is 17.3 Å². The van der Waals surface area contributed by atoms with Crippen LogP contribution in [0.25, 0.3) is 0 Å². The van der Waals surface area contributed by atoms with E-state index in [9.17, 15) is 10.2 Å². The molecule has 0 spiro atoms. The first-order valence-corrected chi connectivity index (χ1v) is 6.27. The lowest BCUT2D eigenvalue weighted by atomic mass is 9.95. The predicted octanol–water partition coefficient (Wildman–Crippen LogP) is 0.923. The maximum atomic E-state index is 9.75. The molecule has 18 heavy (non-hydrogen) atoms. The van der Waals surface area contributed by atoms with Gasteiger partial charge < -0.3 is 19.8 Å². The number of methoxy groups -OCH3 is 1. The number of anilines is 1. The first kappa shape index (κ1) is 13.4. The van der Waals surface area contributed by atoms with Crippen molar-refractivity contribution in [1.29, 1.82) is 0 Å². The Morgan fingerprint density at radius 3 is 3.06 bits per heavy atom. The van der Waals surface area contributed by atoms with Crippen LogP contribution in [0.15, 0.2) is 12.3 Å². The molecule has 2 atom stereocenters. The van der Waals surface area contributed by atoms with E-state index < -0.39 is 6.10 Å². The Morgan fingerprint density at radius 2 is 2.39 bits per heavy atom. The molecule has 0 amide bonds. The fourth-order valence-electron chi connectivity index (χ4n) is 2.18. The van der Waals surface area contributed by atoms with Gasteiger partial charge in [0.05, 0.1) is 36.7 Å². The highest BCUT2D eigenvalue weighted by molar-refractivity contribution is 6.33. The minimum Gasteiger partial charge on any atom is -0.481 e. The first-order valence-electron chi connectivity index (χ1n) is 5.89. The first-order chi connectivity index (χ1) is 8.65. The highest BCUT2D eigenvalue weighted by atomic mass is 35.5. The van der Waals surface area contributed by atoms with Gasteiger partial charge in [0.1, 0.15) is 0 Å². The van der Waals surface area contributed by atoms with E-state index in [0.717, 1.165) is 5.69 Å². The molecule has 0 aliphatic carbocycles. The summed E-state index contributed by atoms with van der Waals surface area (Å²) in [5.74, 6) is 0.357. The van der Waals surface area contributed by atoms with Crippen LogP contribution in [0.5, 0.6) is 5.88 Å². The fraction of sp³-hybridized carbons (Fsp3) is 0.583. The number of hydrogen-bond acceptors (Lipinski definition) is 5. The number of halogens is 1. The molecule has 2 rings (SSSR count). The molecule has 1 saturated heterocycles. The van der Waals surface area contributed by atoms with Gasteiger partial charge in [0.15, 0.2) is 0 Å². The van der Waals surface area contributed by atoms with Crippen molar-refractivity contribution >= 4 is 17.3 Å². The molecule has 1 aliphatic rings. The fourth-order valence-corrected chi connectivity index (χ4v) is 2.40. The zero-order valence-electron chi connectivity index (χ0n) is 10.2. The van der Waals surface area contributed by atoms with Gasteiger partial charge in [0.2, 0.25) is 5.88 Å². The molecule has 0 aromatic carbocycles. The van der Waals surface area contributed by atoms with Crippen molar-refractivity contribution in [1.82, 2.24) is 4.98 Å².